The van der Waals surface area contributed by atoms with E-state index in [1.54, 1.807) is 0 Å². The van der Waals surface area contributed by atoms with E-state index >= 15 is 0 Å². The van der Waals surface area contributed by atoms with Crippen LogP contribution in [0, 0.1) is 35.5 Å². The summed E-state index contributed by atoms with van der Waals surface area (Å²) < 4.78 is 18.4. The van der Waals surface area contributed by atoms with Crippen molar-refractivity contribution in [1.82, 2.24) is 0 Å². The fraction of sp³-hybridized carbons (Fsp3) is 0.625. The van der Waals surface area contributed by atoms with Crippen molar-refractivity contribution < 1.29 is 47.7 Å². The quantitative estimate of drug-likeness (QED) is 0.328. The number of ketones is 2. The average molecular weight is 370 g/mol. The highest BCUT2D eigenvalue weighted by Gasteiger charge is 2.70. The number of esters is 4. The van der Waals surface area contributed by atoms with Crippen molar-refractivity contribution in [3.8, 4) is 0 Å². The van der Waals surface area contributed by atoms with E-state index in [9.17, 15) is 28.8 Å². The first kappa shape index (κ1) is 19.5. The minimum Gasteiger partial charge on any atom is -0.468 e. The standard InChI is InChI=1S/C16H18O10/c1-23-13(19)7-5-6(9(11(7)17)15(21)25-3)10(16(22)26-4)12(18)8(5)14(20)24-2/h5-10H,1-4H3/t5?,6?,7-,8?,9?,10?/m1/s1. The zero-order valence-corrected chi connectivity index (χ0v) is 14.5. The smallest absolute Gasteiger partial charge is 0.316 e. The Balaban J connectivity index is 2.67. The van der Waals surface area contributed by atoms with Gasteiger partial charge in [-0.2, -0.15) is 0 Å². The molecule has 0 bridgehead atoms. The van der Waals surface area contributed by atoms with Gasteiger partial charge in [-0.25, -0.2) is 0 Å². The Labute approximate surface area is 148 Å². The second-order valence-electron chi connectivity index (χ2n) is 5.96. The van der Waals surface area contributed by atoms with Crippen LogP contribution in [0.25, 0.3) is 0 Å². The molecule has 26 heavy (non-hydrogen) atoms. The van der Waals surface area contributed by atoms with Gasteiger partial charge in [0.25, 0.3) is 0 Å². The zero-order chi connectivity index (χ0) is 19.8. The van der Waals surface area contributed by atoms with Crippen molar-refractivity contribution >= 4 is 35.4 Å². The first-order chi connectivity index (χ1) is 12.3. The number of carbonyl (C=O) groups excluding carboxylic acids is 6. The number of carbonyl (C=O) groups is 6. The van der Waals surface area contributed by atoms with E-state index in [1.165, 1.54) is 0 Å². The largest absolute Gasteiger partial charge is 0.468 e. The van der Waals surface area contributed by atoms with Crippen LogP contribution in [0.2, 0.25) is 0 Å². The normalized spacial score (nSPS) is 32.6. The summed E-state index contributed by atoms with van der Waals surface area (Å²) in [6.07, 6.45) is 0. The minimum absolute atomic E-state index is 0.867. The van der Waals surface area contributed by atoms with Crippen molar-refractivity contribution in [2.24, 2.45) is 35.5 Å². The molecule has 2 aliphatic carbocycles. The topological polar surface area (TPSA) is 139 Å². The summed E-state index contributed by atoms with van der Waals surface area (Å²) in [6, 6.07) is 0. The molecular formula is C16H18O10. The predicted octanol–water partition coefficient (Wildman–Crippen LogP) is -1.46. The van der Waals surface area contributed by atoms with Gasteiger partial charge in [0.1, 0.15) is 23.7 Å². The Hall–Kier alpha value is -2.78. The van der Waals surface area contributed by atoms with Crippen LogP contribution in [0.5, 0.6) is 0 Å². The first-order valence-electron chi connectivity index (χ1n) is 7.65. The molecule has 10 nitrogen and oxygen atoms in total. The Morgan fingerprint density at radius 1 is 0.538 bits per heavy atom. The molecule has 2 rings (SSSR count). The maximum atomic E-state index is 12.7. The molecule has 2 aliphatic rings. The van der Waals surface area contributed by atoms with Crippen LogP contribution < -0.4 is 0 Å². The zero-order valence-electron chi connectivity index (χ0n) is 14.5. The van der Waals surface area contributed by atoms with Crippen molar-refractivity contribution in [3.63, 3.8) is 0 Å². The van der Waals surface area contributed by atoms with E-state index < -0.39 is 71.0 Å². The lowest BCUT2D eigenvalue weighted by Crippen LogP contribution is -2.39. The third kappa shape index (κ3) is 2.65. The summed E-state index contributed by atoms with van der Waals surface area (Å²) in [5, 5.41) is 0. The lowest BCUT2D eigenvalue weighted by molar-refractivity contribution is -0.156. The number of Topliss-reactive ketones (excluding diaryl/α,β-unsaturated/α-hetero) is 2. The molecule has 0 radical (unpaired) electrons. The van der Waals surface area contributed by atoms with Crippen molar-refractivity contribution in [2.45, 2.75) is 0 Å². The van der Waals surface area contributed by atoms with Crippen molar-refractivity contribution in [3.05, 3.63) is 0 Å². The van der Waals surface area contributed by atoms with Gasteiger partial charge in [0.05, 0.1) is 28.4 Å². The molecule has 6 atom stereocenters. The average Bonchev–Trinajstić information content (AvgIpc) is 3.08. The third-order valence-electron chi connectivity index (χ3n) is 5.03. The van der Waals surface area contributed by atoms with Crippen LogP contribution >= 0.6 is 0 Å². The molecule has 2 saturated carbocycles. The number of hydrogen-bond acceptors (Lipinski definition) is 10. The highest BCUT2D eigenvalue weighted by molar-refractivity contribution is 6.18. The highest BCUT2D eigenvalue weighted by Crippen LogP contribution is 2.54. The lowest BCUT2D eigenvalue weighted by atomic mass is 9.82. The maximum Gasteiger partial charge on any atom is 0.316 e. The molecule has 0 heterocycles. The second kappa shape index (κ2) is 7.22. The molecule has 0 spiro atoms. The van der Waals surface area contributed by atoms with Crippen LogP contribution in [0.1, 0.15) is 0 Å². The molecule has 0 aromatic carbocycles. The van der Waals surface area contributed by atoms with E-state index in [2.05, 4.69) is 18.9 Å². The SMILES string of the molecule is COC(=O)C1C(=O)C(C(=O)OC)C2C1C(C(=O)OC)C(=O)[C@@H]2C(=O)OC. The summed E-state index contributed by atoms with van der Waals surface area (Å²) in [7, 11) is 4.10. The number of hydrogen-bond donors (Lipinski definition) is 0. The Bertz CT molecular complexity index is 571. The second-order valence-corrected chi connectivity index (χ2v) is 5.96. The number of rotatable bonds is 4. The van der Waals surface area contributed by atoms with Gasteiger partial charge in [0.2, 0.25) is 0 Å². The van der Waals surface area contributed by atoms with Gasteiger partial charge >= 0.3 is 23.9 Å². The molecule has 0 amide bonds. The lowest BCUT2D eigenvalue weighted by Gasteiger charge is -2.20. The van der Waals surface area contributed by atoms with E-state index in [0.29, 0.717) is 0 Å². The molecule has 0 N–H and O–H groups in total. The molecule has 10 heteroatoms. The fourth-order valence-electron chi connectivity index (χ4n) is 4.02. The van der Waals surface area contributed by atoms with Gasteiger partial charge in [-0.3, -0.25) is 28.8 Å². The monoisotopic (exact) mass is 370 g/mol. The maximum absolute atomic E-state index is 12.7. The molecule has 5 unspecified atom stereocenters. The van der Waals surface area contributed by atoms with Crippen LogP contribution in [-0.2, 0) is 47.7 Å². The summed E-state index contributed by atoms with van der Waals surface area (Å²) in [5.74, 6) is -14.6. The van der Waals surface area contributed by atoms with E-state index in [-0.39, 0.29) is 0 Å². The van der Waals surface area contributed by atoms with Crippen LogP contribution in [-0.4, -0.2) is 63.9 Å². The van der Waals surface area contributed by atoms with E-state index in [0.717, 1.165) is 28.4 Å². The Morgan fingerprint density at radius 3 is 0.885 bits per heavy atom. The predicted molar refractivity (Wildman–Crippen MR) is 79.0 cm³/mol. The first-order valence-corrected chi connectivity index (χ1v) is 7.65. The molecular weight excluding hydrogens is 352 g/mol. The summed E-state index contributed by atoms with van der Waals surface area (Å²) in [6.45, 7) is 0. The fourth-order valence-corrected chi connectivity index (χ4v) is 4.02. The molecule has 0 saturated heterocycles. The van der Waals surface area contributed by atoms with Gasteiger partial charge < -0.3 is 18.9 Å². The van der Waals surface area contributed by atoms with Crippen LogP contribution in [0.3, 0.4) is 0 Å². The summed E-state index contributed by atoms with van der Waals surface area (Å²) in [5.41, 5.74) is 0. The third-order valence-corrected chi connectivity index (χ3v) is 5.03. The molecule has 2 fully saturated rings. The summed E-state index contributed by atoms with van der Waals surface area (Å²) >= 11 is 0. The van der Waals surface area contributed by atoms with Crippen molar-refractivity contribution in [2.75, 3.05) is 28.4 Å². The van der Waals surface area contributed by atoms with E-state index in [1.807, 2.05) is 0 Å². The number of methoxy groups -OCH3 is 4. The Morgan fingerprint density at radius 2 is 0.731 bits per heavy atom. The van der Waals surface area contributed by atoms with Gasteiger partial charge in [-0.15, -0.1) is 0 Å². The van der Waals surface area contributed by atoms with Crippen molar-refractivity contribution in [1.29, 1.82) is 0 Å². The Kier molecular flexibility index (Phi) is 5.43. The summed E-state index contributed by atoms with van der Waals surface area (Å²) in [4.78, 5) is 74.1. The van der Waals surface area contributed by atoms with Gasteiger partial charge in [0, 0.05) is 11.8 Å². The molecule has 0 aromatic heterocycles. The number of fused-ring (bicyclic) bond motifs is 1. The minimum atomic E-state index is -1.57. The van der Waals surface area contributed by atoms with Crippen LogP contribution in [0.4, 0.5) is 0 Å². The van der Waals surface area contributed by atoms with Gasteiger partial charge in [-0.1, -0.05) is 0 Å². The highest BCUT2D eigenvalue weighted by atomic mass is 16.5. The van der Waals surface area contributed by atoms with E-state index in [4.69, 9.17) is 0 Å². The molecule has 0 aromatic rings. The number of ether oxygens (including phenoxy) is 4. The van der Waals surface area contributed by atoms with Gasteiger partial charge in [-0.05, 0) is 0 Å². The van der Waals surface area contributed by atoms with Crippen LogP contribution in [0.15, 0.2) is 0 Å². The molecule has 142 valence electrons. The van der Waals surface area contributed by atoms with Gasteiger partial charge in [0.15, 0.2) is 11.6 Å². The molecule has 0 aliphatic heterocycles.